The standard InChI is InChI=1S/C17H24N6O/c1-2-6-18-15(5-1)19-7-3-4-8-20-16-13-17(22-14-21-16)23-9-11-24-12-10-23/h1-2,5-6,13-14H,3-4,7-12H2,(H,18,19)(H,20,21,22). The fraction of sp³-hybridized carbons (Fsp3) is 0.471. The van der Waals surface area contributed by atoms with E-state index in [9.17, 15) is 0 Å². The summed E-state index contributed by atoms with van der Waals surface area (Å²) in [6, 6.07) is 7.89. The average Bonchev–Trinajstić information content (AvgIpc) is 2.66. The van der Waals surface area contributed by atoms with E-state index in [1.54, 1.807) is 12.5 Å². The zero-order chi connectivity index (χ0) is 16.5. The summed E-state index contributed by atoms with van der Waals surface area (Å²) in [5.74, 6) is 2.77. The van der Waals surface area contributed by atoms with E-state index in [2.05, 4.69) is 30.5 Å². The van der Waals surface area contributed by atoms with E-state index in [-0.39, 0.29) is 0 Å². The lowest BCUT2D eigenvalue weighted by atomic mass is 10.3. The Balaban J connectivity index is 1.36. The number of morpholine rings is 1. The highest BCUT2D eigenvalue weighted by atomic mass is 16.5. The molecule has 3 rings (SSSR count). The van der Waals surface area contributed by atoms with Crippen LogP contribution in [-0.2, 0) is 4.74 Å². The third-order valence-corrected chi connectivity index (χ3v) is 3.87. The van der Waals surface area contributed by atoms with Gasteiger partial charge in [-0.05, 0) is 25.0 Å². The third kappa shape index (κ3) is 5.06. The smallest absolute Gasteiger partial charge is 0.134 e. The number of hydrogen-bond donors (Lipinski definition) is 2. The van der Waals surface area contributed by atoms with E-state index in [0.29, 0.717) is 0 Å². The van der Waals surface area contributed by atoms with Gasteiger partial charge in [0, 0.05) is 38.4 Å². The lowest BCUT2D eigenvalue weighted by molar-refractivity contribution is 0.122. The van der Waals surface area contributed by atoms with Crippen molar-refractivity contribution in [1.82, 2.24) is 15.0 Å². The van der Waals surface area contributed by atoms with Crippen molar-refractivity contribution in [2.45, 2.75) is 12.8 Å². The second-order valence-electron chi connectivity index (χ2n) is 5.64. The molecule has 0 saturated carbocycles. The van der Waals surface area contributed by atoms with E-state index in [1.807, 2.05) is 24.3 Å². The summed E-state index contributed by atoms with van der Waals surface area (Å²) < 4.78 is 5.37. The molecule has 0 aliphatic carbocycles. The Labute approximate surface area is 142 Å². The van der Waals surface area contributed by atoms with Crippen LogP contribution in [0.1, 0.15) is 12.8 Å². The predicted octanol–water partition coefficient (Wildman–Crippen LogP) is 2.01. The maximum atomic E-state index is 5.37. The molecular weight excluding hydrogens is 304 g/mol. The number of pyridine rings is 1. The van der Waals surface area contributed by atoms with Crippen LogP contribution >= 0.6 is 0 Å². The molecule has 2 aromatic rings. The summed E-state index contributed by atoms with van der Waals surface area (Å²) in [6.45, 7) is 5.10. The van der Waals surface area contributed by atoms with Crippen molar-refractivity contribution in [3.63, 3.8) is 0 Å². The first-order valence-electron chi connectivity index (χ1n) is 8.45. The molecule has 0 radical (unpaired) electrons. The first kappa shape index (κ1) is 16.4. The topological polar surface area (TPSA) is 75.2 Å². The van der Waals surface area contributed by atoms with Crippen molar-refractivity contribution < 1.29 is 4.74 Å². The van der Waals surface area contributed by atoms with Gasteiger partial charge in [0.25, 0.3) is 0 Å². The summed E-state index contributed by atoms with van der Waals surface area (Å²) in [7, 11) is 0. The molecule has 0 unspecified atom stereocenters. The molecule has 0 spiro atoms. The zero-order valence-corrected chi connectivity index (χ0v) is 13.8. The van der Waals surface area contributed by atoms with Crippen LogP contribution in [0.5, 0.6) is 0 Å². The SMILES string of the molecule is c1ccc(NCCCCNc2cc(N3CCOCC3)ncn2)nc1. The molecule has 128 valence electrons. The van der Waals surface area contributed by atoms with E-state index >= 15 is 0 Å². The summed E-state index contributed by atoms with van der Waals surface area (Å²) in [6.07, 6.45) is 5.56. The van der Waals surface area contributed by atoms with Crippen molar-refractivity contribution >= 4 is 17.5 Å². The normalized spacial score (nSPS) is 14.4. The van der Waals surface area contributed by atoms with E-state index in [0.717, 1.165) is 69.7 Å². The molecule has 0 atom stereocenters. The Hall–Kier alpha value is -2.41. The van der Waals surface area contributed by atoms with Crippen molar-refractivity contribution in [1.29, 1.82) is 0 Å². The first-order chi connectivity index (χ1) is 11.9. The minimum absolute atomic E-state index is 0.760. The van der Waals surface area contributed by atoms with Crippen LogP contribution in [0.2, 0.25) is 0 Å². The molecule has 1 aliphatic rings. The van der Waals surface area contributed by atoms with Gasteiger partial charge >= 0.3 is 0 Å². The van der Waals surface area contributed by atoms with Gasteiger partial charge < -0.3 is 20.3 Å². The molecule has 0 bridgehead atoms. The largest absolute Gasteiger partial charge is 0.378 e. The third-order valence-electron chi connectivity index (χ3n) is 3.87. The van der Waals surface area contributed by atoms with Crippen LogP contribution in [-0.4, -0.2) is 54.3 Å². The molecule has 0 amide bonds. The maximum absolute atomic E-state index is 5.37. The Morgan fingerprint density at radius 3 is 2.50 bits per heavy atom. The monoisotopic (exact) mass is 328 g/mol. The molecular formula is C17H24N6O. The molecule has 2 aromatic heterocycles. The minimum atomic E-state index is 0.760. The Morgan fingerprint density at radius 2 is 1.75 bits per heavy atom. The van der Waals surface area contributed by atoms with E-state index in [1.165, 1.54) is 0 Å². The van der Waals surface area contributed by atoms with Gasteiger partial charge in [-0.2, -0.15) is 0 Å². The van der Waals surface area contributed by atoms with Crippen molar-refractivity contribution in [3.05, 3.63) is 36.8 Å². The number of unbranched alkanes of at least 4 members (excludes halogenated alkanes) is 1. The number of nitrogens with one attached hydrogen (secondary N) is 2. The Kier molecular flexibility index (Phi) is 6.18. The van der Waals surface area contributed by atoms with Crippen molar-refractivity contribution in [2.24, 2.45) is 0 Å². The first-order valence-corrected chi connectivity index (χ1v) is 8.45. The number of aromatic nitrogens is 3. The molecule has 3 heterocycles. The fourth-order valence-electron chi connectivity index (χ4n) is 2.56. The minimum Gasteiger partial charge on any atom is -0.378 e. The van der Waals surface area contributed by atoms with Gasteiger partial charge in [0.1, 0.15) is 23.8 Å². The number of hydrogen-bond acceptors (Lipinski definition) is 7. The number of rotatable bonds is 8. The van der Waals surface area contributed by atoms with Gasteiger partial charge in [0.05, 0.1) is 13.2 Å². The molecule has 24 heavy (non-hydrogen) atoms. The van der Waals surface area contributed by atoms with Crippen LogP contribution < -0.4 is 15.5 Å². The lowest BCUT2D eigenvalue weighted by Crippen LogP contribution is -2.36. The number of ether oxygens (including phenoxy) is 1. The molecule has 2 N–H and O–H groups in total. The summed E-state index contributed by atoms with van der Waals surface area (Å²) in [5, 5.41) is 6.68. The maximum Gasteiger partial charge on any atom is 0.134 e. The Morgan fingerprint density at radius 1 is 0.958 bits per heavy atom. The van der Waals surface area contributed by atoms with Gasteiger partial charge in [0.15, 0.2) is 0 Å². The molecule has 1 fully saturated rings. The highest BCUT2D eigenvalue weighted by molar-refractivity contribution is 5.48. The number of anilines is 3. The van der Waals surface area contributed by atoms with Gasteiger partial charge in [-0.25, -0.2) is 15.0 Å². The van der Waals surface area contributed by atoms with Crippen LogP contribution in [0.3, 0.4) is 0 Å². The van der Waals surface area contributed by atoms with Gasteiger partial charge in [-0.1, -0.05) is 6.07 Å². The van der Waals surface area contributed by atoms with Gasteiger partial charge in [-0.3, -0.25) is 0 Å². The van der Waals surface area contributed by atoms with Crippen molar-refractivity contribution in [2.75, 3.05) is 54.9 Å². The second kappa shape index (κ2) is 9.02. The summed E-state index contributed by atoms with van der Waals surface area (Å²) in [5.41, 5.74) is 0. The zero-order valence-electron chi connectivity index (χ0n) is 13.8. The van der Waals surface area contributed by atoms with E-state index < -0.39 is 0 Å². The predicted molar refractivity (Wildman–Crippen MR) is 95.5 cm³/mol. The molecule has 1 saturated heterocycles. The van der Waals surface area contributed by atoms with Gasteiger partial charge in [0.2, 0.25) is 0 Å². The van der Waals surface area contributed by atoms with Gasteiger partial charge in [-0.15, -0.1) is 0 Å². The lowest BCUT2D eigenvalue weighted by Gasteiger charge is -2.27. The summed E-state index contributed by atoms with van der Waals surface area (Å²) >= 11 is 0. The summed E-state index contributed by atoms with van der Waals surface area (Å²) in [4.78, 5) is 15.1. The molecule has 1 aliphatic heterocycles. The average molecular weight is 328 g/mol. The highest BCUT2D eigenvalue weighted by Crippen LogP contribution is 2.15. The molecule has 0 aromatic carbocycles. The van der Waals surface area contributed by atoms with E-state index in [4.69, 9.17) is 4.74 Å². The van der Waals surface area contributed by atoms with Crippen LogP contribution in [0.15, 0.2) is 36.8 Å². The fourth-order valence-corrected chi connectivity index (χ4v) is 2.56. The number of nitrogens with zero attached hydrogens (tertiary/aromatic N) is 4. The molecule has 7 nitrogen and oxygen atoms in total. The van der Waals surface area contributed by atoms with Crippen LogP contribution in [0, 0.1) is 0 Å². The van der Waals surface area contributed by atoms with Crippen LogP contribution in [0.4, 0.5) is 17.5 Å². The van der Waals surface area contributed by atoms with Crippen molar-refractivity contribution in [3.8, 4) is 0 Å². The quantitative estimate of drug-likeness (QED) is 0.718. The molecule has 7 heteroatoms. The highest BCUT2D eigenvalue weighted by Gasteiger charge is 2.12. The Bertz CT molecular complexity index is 603. The second-order valence-corrected chi connectivity index (χ2v) is 5.64. The van der Waals surface area contributed by atoms with Crippen LogP contribution in [0.25, 0.3) is 0 Å².